The molecule has 86 valence electrons. The fourth-order valence-corrected chi connectivity index (χ4v) is 2.42. The van der Waals surface area contributed by atoms with E-state index in [-0.39, 0.29) is 17.5 Å². The Kier molecular flexibility index (Phi) is 3.01. The lowest BCUT2D eigenvalue weighted by Crippen LogP contribution is -2.53. The first-order valence-corrected chi connectivity index (χ1v) is 6.22. The SMILES string of the molecule is CCC1(NC(=O)CC(N)C2CC2)CCC1. The molecule has 0 radical (unpaired) electrons. The number of amides is 1. The highest BCUT2D eigenvalue weighted by atomic mass is 16.1. The van der Waals surface area contributed by atoms with Crippen LogP contribution in [0.4, 0.5) is 0 Å². The Balaban J connectivity index is 1.75. The van der Waals surface area contributed by atoms with E-state index in [1.54, 1.807) is 0 Å². The summed E-state index contributed by atoms with van der Waals surface area (Å²) in [5.74, 6) is 0.783. The molecule has 1 unspecified atom stereocenters. The molecule has 2 fully saturated rings. The number of carbonyl (C=O) groups is 1. The van der Waals surface area contributed by atoms with Crippen LogP contribution in [0, 0.1) is 5.92 Å². The predicted molar refractivity (Wildman–Crippen MR) is 60.3 cm³/mol. The van der Waals surface area contributed by atoms with Gasteiger partial charge in [0, 0.05) is 18.0 Å². The van der Waals surface area contributed by atoms with E-state index in [9.17, 15) is 4.79 Å². The van der Waals surface area contributed by atoms with Crippen LogP contribution < -0.4 is 11.1 Å². The summed E-state index contributed by atoms with van der Waals surface area (Å²) in [5.41, 5.74) is 6.06. The topological polar surface area (TPSA) is 55.1 Å². The van der Waals surface area contributed by atoms with Crippen molar-refractivity contribution in [3.8, 4) is 0 Å². The average molecular weight is 210 g/mol. The third kappa shape index (κ3) is 2.51. The molecule has 0 saturated heterocycles. The maximum absolute atomic E-state index is 11.8. The molecule has 0 aromatic carbocycles. The van der Waals surface area contributed by atoms with Crippen LogP contribution in [0.25, 0.3) is 0 Å². The van der Waals surface area contributed by atoms with Gasteiger partial charge in [-0.1, -0.05) is 6.92 Å². The zero-order valence-electron chi connectivity index (χ0n) is 9.59. The third-order valence-electron chi connectivity index (χ3n) is 4.04. The van der Waals surface area contributed by atoms with Crippen LogP contribution in [0.15, 0.2) is 0 Å². The second-order valence-electron chi connectivity index (χ2n) is 5.24. The highest BCUT2D eigenvalue weighted by Crippen LogP contribution is 2.35. The lowest BCUT2D eigenvalue weighted by atomic mass is 9.74. The molecule has 1 atom stereocenters. The standard InChI is InChI=1S/C12H22N2O/c1-2-12(6-3-7-12)14-11(15)8-10(13)9-4-5-9/h9-10H,2-8,13H2,1H3,(H,14,15). The van der Waals surface area contributed by atoms with Crippen molar-refractivity contribution in [2.45, 2.75) is 63.5 Å². The molecular formula is C12H22N2O. The lowest BCUT2D eigenvalue weighted by molar-refractivity contribution is -0.124. The summed E-state index contributed by atoms with van der Waals surface area (Å²) in [6, 6.07) is 0.0963. The van der Waals surface area contributed by atoms with Gasteiger partial charge in [0.05, 0.1) is 0 Å². The van der Waals surface area contributed by atoms with Crippen LogP contribution in [-0.4, -0.2) is 17.5 Å². The minimum atomic E-state index is 0.0963. The van der Waals surface area contributed by atoms with Crippen LogP contribution in [0.2, 0.25) is 0 Å². The molecule has 1 amide bonds. The monoisotopic (exact) mass is 210 g/mol. The van der Waals surface area contributed by atoms with Gasteiger partial charge in [0.15, 0.2) is 0 Å². The Morgan fingerprint density at radius 2 is 2.20 bits per heavy atom. The molecule has 3 N–H and O–H groups in total. The molecule has 3 nitrogen and oxygen atoms in total. The second-order valence-corrected chi connectivity index (χ2v) is 5.24. The summed E-state index contributed by atoms with van der Waals surface area (Å²) in [6.45, 7) is 2.15. The van der Waals surface area contributed by atoms with Gasteiger partial charge in [-0.15, -0.1) is 0 Å². The van der Waals surface area contributed by atoms with Gasteiger partial charge in [-0.3, -0.25) is 4.79 Å². The highest BCUT2D eigenvalue weighted by Gasteiger charge is 2.37. The summed E-state index contributed by atoms with van der Waals surface area (Å²) in [4.78, 5) is 11.8. The van der Waals surface area contributed by atoms with E-state index in [4.69, 9.17) is 5.73 Å². The quantitative estimate of drug-likeness (QED) is 0.723. The van der Waals surface area contributed by atoms with Gasteiger partial charge in [0.25, 0.3) is 0 Å². The highest BCUT2D eigenvalue weighted by molar-refractivity contribution is 5.77. The fraction of sp³-hybridized carbons (Fsp3) is 0.917. The Labute approximate surface area is 91.8 Å². The van der Waals surface area contributed by atoms with Gasteiger partial charge in [0.2, 0.25) is 5.91 Å². The van der Waals surface area contributed by atoms with E-state index >= 15 is 0 Å². The smallest absolute Gasteiger partial charge is 0.221 e. The number of nitrogens with one attached hydrogen (secondary N) is 1. The van der Waals surface area contributed by atoms with Crippen LogP contribution >= 0.6 is 0 Å². The zero-order chi connectivity index (χ0) is 10.9. The van der Waals surface area contributed by atoms with Crippen molar-refractivity contribution in [3.63, 3.8) is 0 Å². The van der Waals surface area contributed by atoms with Gasteiger partial charge in [-0.2, -0.15) is 0 Å². The molecule has 0 spiro atoms. The average Bonchev–Trinajstić information content (AvgIpc) is 2.94. The van der Waals surface area contributed by atoms with Gasteiger partial charge in [-0.05, 0) is 44.4 Å². The van der Waals surface area contributed by atoms with Crippen molar-refractivity contribution < 1.29 is 4.79 Å². The number of carbonyl (C=O) groups excluding carboxylic acids is 1. The minimum Gasteiger partial charge on any atom is -0.351 e. The Hall–Kier alpha value is -0.570. The summed E-state index contributed by atoms with van der Waals surface area (Å²) in [7, 11) is 0. The van der Waals surface area contributed by atoms with Gasteiger partial charge < -0.3 is 11.1 Å². The molecule has 0 aromatic heterocycles. The van der Waals surface area contributed by atoms with E-state index in [1.165, 1.54) is 19.3 Å². The van der Waals surface area contributed by atoms with Crippen LogP contribution in [0.5, 0.6) is 0 Å². The van der Waals surface area contributed by atoms with Gasteiger partial charge in [-0.25, -0.2) is 0 Å². The van der Waals surface area contributed by atoms with Gasteiger partial charge >= 0.3 is 0 Å². The molecule has 0 aliphatic heterocycles. The normalized spacial score (nSPS) is 25.5. The van der Waals surface area contributed by atoms with Crippen molar-refractivity contribution in [2.75, 3.05) is 0 Å². The molecule has 15 heavy (non-hydrogen) atoms. The number of hydrogen-bond acceptors (Lipinski definition) is 2. The number of nitrogens with two attached hydrogens (primary N) is 1. The van der Waals surface area contributed by atoms with Crippen molar-refractivity contribution in [1.82, 2.24) is 5.32 Å². The number of rotatable bonds is 5. The first kappa shape index (κ1) is 10.9. The van der Waals surface area contributed by atoms with Crippen molar-refractivity contribution in [2.24, 2.45) is 11.7 Å². The van der Waals surface area contributed by atoms with E-state index in [2.05, 4.69) is 12.2 Å². The van der Waals surface area contributed by atoms with E-state index in [0.717, 1.165) is 19.3 Å². The van der Waals surface area contributed by atoms with Crippen LogP contribution in [0.3, 0.4) is 0 Å². The first-order chi connectivity index (χ1) is 7.15. The summed E-state index contributed by atoms with van der Waals surface area (Å²) in [6.07, 6.45) is 7.55. The minimum absolute atomic E-state index is 0.0963. The molecule has 2 aliphatic carbocycles. The predicted octanol–water partition coefficient (Wildman–Crippen LogP) is 1.56. The molecule has 0 bridgehead atoms. The molecule has 3 heteroatoms. The maximum Gasteiger partial charge on any atom is 0.221 e. The van der Waals surface area contributed by atoms with E-state index < -0.39 is 0 Å². The van der Waals surface area contributed by atoms with Crippen LogP contribution in [0.1, 0.15) is 51.9 Å². The van der Waals surface area contributed by atoms with E-state index in [1.807, 2.05) is 0 Å². The first-order valence-electron chi connectivity index (χ1n) is 6.22. The molecule has 2 aliphatic rings. The molecular weight excluding hydrogens is 188 g/mol. The van der Waals surface area contributed by atoms with Crippen molar-refractivity contribution >= 4 is 5.91 Å². The Morgan fingerprint density at radius 3 is 2.60 bits per heavy atom. The summed E-state index contributed by atoms with van der Waals surface area (Å²) in [5, 5.41) is 3.17. The van der Waals surface area contributed by atoms with Gasteiger partial charge in [0.1, 0.15) is 0 Å². The lowest BCUT2D eigenvalue weighted by Gasteiger charge is -2.42. The summed E-state index contributed by atoms with van der Waals surface area (Å²) < 4.78 is 0. The second kappa shape index (κ2) is 4.12. The molecule has 0 aromatic rings. The Morgan fingerprint density at radius 1 is 1.53 bits per heavy atom. The molecule has 2 saturated carbocycles. The summed E-state index contributed by atoms with van der Waals surface area (Å²) >= 11 is 0. The number of hydrogen-bond donors (Lipinski definition) is 2. The van der Waals surface area contributed by atoms with Crippen molar-refractivity contribution in [3.05, 3.63) is 0 Å². The fourth-order valence-electron chi connectivity index (χ4n) is 2.42. The maximum atomic E-state index is 11.8. The molecule has 0 heterocycles. The third-order valence-corrected chi connectivity index (χ3v) is 4.04. The zero-order valence-corrected chi connectivity index (χ0v) is 9.59. The van der Waals surface area contributed by atoms with E-state index in [0.29, 0.717) is 12.3 Å². The molecule has 2 rings (SSSR count). The van der Waals surface area contributed by atoms with Crippen LogP contribution in [-0.2, 0) is 4.79 Å². The Bertz CT molecular complexity index is 238. The van der Waals surface area contributed by atoms with Crippen molar-refractivity contribution in [1.29, 1.82) is 0 Å². The largest absolute Gasteiger partial charge is 0.351 e.